The molecule has 0 atom stereocenters. The third-order valence-electron chi connectivity index (χ3n) is 1.83. The Balaban J connectivity index is 2.46. The molecule has 2 aromatic rings. The van der Waals surface area contributed by atoms with Gasteiger partial charge in [0.15, 0.2) is 0 Å². The van der Waals surface area contributed by atoms with Crippen LogP contribution >= 0.6 is 23.1 Å². The largest absolute Gasteiger partial charge is 0.288 e. The van der Waals surface area contributed by atoms with Gasteiger partial charge < -0.3 is 0 Å². The molecule has 0 spiro atoms. The molecular formula is C10H5ClFNOS. The van der Waals surface area contributed by atoms with E-state index in [4.69, 9.17) is 11.6 Å². The number of carbonyl (C=O) groups is 1. The Morgan fingerprint density at radius 1 is 1.40 bits per heavy atom. The van der Waals surface area contributed by atoms with Crippen LogP contribution in [-0.4, -0.2) is 10.2 Å². The van der Waals surface area contributed by atoms with Crippen LogP contribution in [-0.2, 0) is 0 Å². The van der Waals surface area contributed by atoms with Crippen molar-refractivity contribution in [2.24, 2.45) is 0 Å². The van der Waals surface area contributed by atoms with Crippen LogP contribution in [0.3, 0.4) is 0 Å². The fourth-order valence-electron chi connectivity index (χ4n) is 1.14. The Bertz CT molecular complexity index is 498. The van der Waals surface area contributed by atoms with Gasteiger partial charge in [0.05, 0.1) is 9.90 Å². The minimum absolute atomic E-state index is 0.168. The van der Waals surface area contributed by atoms with E-state index in [2.05, 4.69) is 4.37 Å². The molecule has 0 fully saturated rings. The minimum atomic E-state index is -0.479. The second-order valence-corrected chi connectivity index (χ2v) is 4.07. The molecule has 0 aliphatic heterocycles. The van der Waals surface area contributed by atoms with Crippen molar-refractivity contribution in [2.45, 2.75) is 0 Å². The summed E-state index contributed by atoms with van der Waals surface area (Å²) in [7, 11) is 0. The first kappa shape index (κ1) is 10.3. The first-order valence-corrected chi connectivity index (χ1v) is 5.24. The number of benzene rings is 1. The molecule has 0 aliphatic carbocycles. The Hall–Kier alpha value is -1.26. The molecule has 76 valence electrons. The van der Waals surface area contributed by atoms with Gasteiger partial charge in [-0.05, 0) is 35.8 Å². The maximum absolute atomic E-state index is 12.9. The van der Waals surface area contributed by atoms with E-state index in [1.165, 1.54) is 18.3 Å². The van der Waals surface area contributed by atoms with Crippen molar-refractivity contribution in [1.29, 1.82) is 0 Å². The van der Waals surface area contributed by atoms with E-state index in [9.17, 15) is 9.18 Å². The summed E-state index contributed by atoms with van der Waals surface area (Å²) in [6.07, 6.45) is 1.52. The average Bonchev–Trinajstić information content (AvgIpc) is 2.74. The van der Waals surface area contributed by atoms with Gasteiger partial charge in [-0.1, -0.05) is 11.6 Å². The van der Waals surface area contributed by atoms with Gasteiger partial charge in [0.1, 0.15) is 5.82 Å². The molecule has 5 heteroatoms. The summed E-state index contributed by atoms with van der Waals surface area (Å²) in [5.41, 5.74) is 0.168. The van der Waals surface area contributed by atoms with E-state index in [0.29, 0.717) is 4.88 Å². The molecule has 0 bridgehead atoms. The second-order valence-electron chi connectivity index (χ2n) is 2.83. The monoisotopic (exact) mass is 241 g/mol. The van der Waals surface area contributed by atoms with Crippen LogP contribution < -0.4 is 0 Å². The van der Waals surface area contributed by atoms with Crippen LogP contribution in [0.2, 0.25) is 5.02 Å². The quantitative estimate of drug-likeness (QED) is 0.756. The summed E-state index contributed by atoms with van der Waals surface area (Å²) in [6.45, 7) is 0. The van der Waals surface area contributed by atoms with Crippen LogP contribution in [0.4, 0.5) is 4.39 Å². The molecular weight excluding hydrogens is 237 g/mol. The van der Waals surface area contributed by atoms with Gasteiger partial charge in [-0.25, -0.2) is 8.76 Å². The third kappa shape index (κ3) is 2.06. The summed E-state index contributed by atoms with van der Waals surface area (Å²) < 4.78 is 16.7. The van der Waals surface area contributed by atoms with E-state index < -0.39 is 5.82 Å². The van der Waals surface area contributed by atoms with Crippen LogP contribution in [0.25, 0.3) is 0 Å². The normalized spacial score (nSPS) is 10.3. The molecule has 15 heavy (non-hydrogen) atoms. The lowest BCUT2D eigenvalue weighted by atomic mass is 10.1. The lowest BCUT2D eigenvalue weighted by Gasteiger charge is -2.00. The molecule has 1 aromatic carbocycles. The van der Waals surface area contributed by atoms with Gasteiger partial charge in [0.2, 0.25) is 5.78 Å². The van der Waals surface area contributed by atoms with Crippen LogP contribution in [0.1, 0.15) is 15.2 Å². The molecule has 0 saturated carbocycles. The zero-order valence-electron chi connectivity index (χ0n) is 7.41. The lowest BCUT2D eigenvalue weighted by Crippen LogP contribution is -2.00. The van der Waals surface area contributed by atoms with Gasteiger partial charge >= 0.3 is 0 Å². The van der Waals surface area contributed by atoms with Gasteiger partial charge in [-0.2, -0.15) is 0 Å². The van der Waals surface area contributed by atoms with Crippen molar-refractivity contribution in [1.82, 2.24) is 4.37 Å². The van der Waals surface area contributed by atoms with Crippen molar-refractivity contribution in [3.8, 4) is 0 Å². The summed E-state index contributed by atoms with van der Waals surface area (Å²) in [4.78, 5) is 12.2. The highest BCUT2D eigenvalue weighted by molar-refractivity contribution is 7.08. The molecule has 1 heterocycles. The number of hydrogen-bond donors (Lipinski definition) is 0. The van der Waals surface area contributed by atoms with E-state index in [1.807, 2.05) is 0 Å². The predicted octanol–water partition coefficient (Wildman–Crippen LogP) is 3.17. The molecule has 0 unspecified atom stereocenters. The number of aromatic nitrogens is 1. The fourth-order valence-corrected chi connectivity index (χ4v) is 1.89. The highest BCUT2D eigenvalue weighted by Gasteiger charge is 2.14. The molecule has 0 N–H and O–H groups in total. The zero-order valence-corrected chi connectivity index (χ0v) is 8.98. The number of rotatable bonds is 2. The highest BCUT2D eigenvalue weighted by atomic mass is 35.5. The van der Waals surface area contributed by atoms with Gasteiger partial charge in [-0.15, -0.1) is 0 Å². The molecule has 0 saturated heterocycles. The number of hydrogen-bond acceptors (Lipinski definition) is 3. The topological polar surface area (TPSA) is 30.0 Å². The SMILES string of the molecule is O=C(c1ccns1)c1cc(F)ccc1Cl. The Kier molecular flexibility index (Phi) is 2.79. The van der Waals surface area contributed by atoms with Crippen molar-refractivity contribution in [2.75, 3.05) is 0 Å². The van der Waals surface area contributed by atoms with Crippen molar-refractivity contribution in [3.63, 3.8) is 0 Å². The van der Waals surface area contributed by atoms with Crippen molar-refractivity contribution >= 4 is 28.9 Å². The first-order valence-electron chi connectivity index (χ1n) is 4.09. The smallest absolute Gasteiger partial charge is 0.206 e. The van der Waals surface area contributed by atoms with E-state index in [1.54, 1.807) is 6.07 Å². The summed E-state index contributed by atoms with van der Waals surface area (Å²) in [5, 5.41) is 0.245. The van der Waals surface area contributed by atoms with Crippen molar-refractivity contribution in [3.05, 3.63) is 51.7 Å². The molecule has 0 aliphatic rings. The molecule has 0 radical (unpaired) electrons. The minimum Gasteiger partial charge on any atom is -0.288 e. The summed E-state index contributed by atoms with van der Waals surface area (Å²) >= 11 is 6.86. The summed E-state index contributed by atoms with van der Waals surface area (Å²) in [5.74, 6) is -0.783. The molecule has 2 rings (SSSR count). The van der Waals surface area contributed by atoms with Gasteiger partial charge in [0, 0.05) is 11.8 Å². The molecule has 0 amide bonds. The van der Waals surface area contributed by atoms with Crippen molar-refractivity contribution < 1.29 is 9.18 Å². The fraction of sp³-hybridized carbons (Fsp3) is 0. The molecule has 2 nitrogen and oxygen atoms in total. The maximum Gasteiger partial charge on any atom is 0.206 e. The Morgan fingerprint density at radius 3 is 2.87 bits per heavy atom. The average molecular weight is 242 g/mol. The van der Waals surface area contributed by atoms with Gasteiger partial charge in [0.25, 0.3) is 0 Å². The van der Waals surface area contributed by atoms with E-state index in [0.717, 1.165) is 17.6 Å². The van der Waals surface area contributed by atoms with E-state index in [-0.39, 0.29) is 16.4 Å². The first-order chi connectivity index (χ1) is 7.18. The maximum atomic E-state index is 12.9. The van der Waals surface area contributed by atoms with Gasteiger partial charge in [-0.3, -0.25) is 4.79 Å². The van der Waals surface area contributed by atoms with Crippen LogP contribution in [0.15, 0.2) is 30.5 Å². The number of nitrogens with zero attached hydrogens (tertiary/aromatic N) is 1. The third-order valence-corrected chi connectivity index (χ3v) is 2.91. The predicted molar refractivity (Wildman–Crippen MR) is 57.0 cm³/mol. The highest BCUT2D eigenvalue weighted by Crippen LogP contribution is 2.21. The standard InChI is InChI=1S/C10H5ClFNOS/c11-8-2-1-6(12)5-7(8)10(14)9-3-4-13-15-9/h1-5H. The number of ketones is 1. The van der Waals surface area contributed by atoms with Crippen LogP contribution in [0.5, 0.6) is 0 Å². The zero-order chi connectivity index (χ0) is 10.8. The van der Waals surface area contributed by atoms with E-state index >= 15 is 0 Å². The number of carbonyl (C=O) groups excluding carboxylic acids is 1. The lowest BCUT2D eigenvalue weighted by molar-refractivity contribution is 0.104. The Labute approximate surface area is 94.5 Å². The molecule has 1 aromatic heterocycles. The second kappa shape index (κ2) is 4.08. The number of halogens is 2. The Morgan fingerprint density at radius 2 is 2.20 bits per heavy atom. The van der Waals surface area contributed by atoms with Crippen LogP contribution in [0, 0.1) is 5.82 Å². The summed E-state index contributed by atoms with van der Waals surface area (Å²) in [6, 6.07) is 5.29.